The van der Waals surface area contributed by atoms with Gasteiger partial charge in [0, 0.05) is 12.0 Å². The molecule has 0 bridgehead atoms. The van der Waals surface area contributed by atoms with Gasteiger partial charge in [-0.1, -0.05) is 31.5 Å². The fraction of sp³-hybridized carbons (Fsp3) is 0.600. The van der Waals surface area contributed by atoms with Crippen molar-refractivity contribution in [2.24, 2.45) is 0 Å². The molecule has 0 saturated heterocycles. The standard InChI is InChI=1S/C20H32N2O2.ClH/c1-6-10-15-19(21(7-2)8-3)22(9-4)16(5)17-13-11-12-14-18(17)20(23)24;/h11-14,16H,6-10,15H2,1-5H3;1H. The van der Waals surface area contributed by atoms with Crippen molar-refractivity contribution >= 4 is 11.8 Å². The first-order valence-corrected chi connectivity index (χ1v) is 9.21. The number of hydrogen-bond acceptors (Lipinski definition) is 1. The Hall–Kier alpha value is -1.55. The van der Waals surface area contributed by atoms with Crippen LogP contribution in [-0.4, -0.2) is 46.0 Å². The molecule has 142 valence electrons. The number of rotatable bonds is 9. The van der Waals surface area contributed by atoms with E-state index in [0.717, 1.165) is 44.5 Å². The zero-order valence-electron chi connectivity index (χ0n) is 16.3. The first kappa shape index (κ1) is 23.4. The predicted octanol–water partition coefficient (Wildman–Crippen LogP) is 1.41. The molecule has 0 aromatic heterocycles. The summed E-state index contributed by atoms with van der Waals surface area (Å²) >= 11 is 0. The molecule has 1 N–H and O–H groups in total. The Balaban J connectivity index is 0.00000576. The maximum atomic E-state index is 11.6. The summed E-state index contributed by atoms with van der Waals surface area (Å²) < 4.78 is 2.40. The van der Waals surface area contributed by atoms with Gasteiger partial charge in [0.05, 0.1) is 25.2 Å². The molecule has 0 amide bonds. The number of amidine groups is 1. The first-order chi connectivity index (χ1) is 11.5. The number of carbonyl (C=O) groups is 1. The molecular formula is C20H33ClN2O2. The zero-order chi connectivity index (χ0) is 18.1. The lowest BCUT2D eigenvalue weighted by Crippen LogP contribution is -3.00. The molecule has 5 heteroatoms. The van der Waals surface area contributed by atoms with Crippen molar-refractivity contribution in [2.45, 2.75) is 59.9 Å². The van der Waals surface area contributed by atoms with E-state index < -0.39 is 5.97 Å². The van der Waals surface area contributed by atoms with Gasteiger partial charge in [0.1, 0.15) is 6.04 Å². The quantitative estimate of drug-likeness (QED) is 0.407. The highest BCUT2D eigenvalue weighted by atomic mass is 35.5. The maximum absolute atomic E-state index is 11.6. The van der Waals surface area contributed by atoms with Gasteiger partial charge in [-0.3, -0.25) is 9.48 Å². The molecule has 0 aliphatic rings. The third-order valence-electron chi connectivity index (χ3n) is 4.66. The number of carboxylic acids is 1. The summed E-state index contributed by atoms with van der Waals surface area (Å²) in [5, 5.41) is 9.51. The molecule has 1 unspecified atom stereocenters. The van der Waals surface area contributed by atoms with Crippen molar-refractivity contribution in [3.63, 3.8) is 0 Å². The lowest BCUT2D eigenvalue weighted by Gasteiger charge is -2.28. The second-order valence-corrected chi connectivity index (χ2v) is 6.05. The van der Waals surface area contributed by atoms with Gasteiger partial charge in [-0.15, -0.1) is 0 Å². The van der Waals surface area contributed by atoms with Gasteiger partial charge in [-0.05, 0) is 40.2 Å². The Labute approximate surface area is 159 Å². The monoisotopic (exact) mass is 368 g/mol. The minimum Gasteiger partial charge on any atom is -1.00 e. The van der Waals surface area contributed by atoms with E-state index in [0.29, 0.717) is 5.56 Å². The SMILES string of the molecule is CCCCC(N(CC)C(C)c1ccccc1C(=O)O)=[N+](CC)CC.[Cl-]. The molecule has 0 heterocycles. The Bertz CT molecular complexity index is 567. The number of carboxylic acid groups (broad SMARTS) is 1. The lowest BCUT2D eigenvalue weighted by atomic mass is 9.99. The molecule has 0 radical (unpaired) electrons. The van der Waals surface area contributed by atoms with Gasteiger partial charge >= 0.3 is 5.97 Å². The molecule has 1 rings (SSSR count). The van der Waals surface area contributed by atoms with Crippen LogP contribution in [0.5, 0.6) is 0 Å². The summed E-state index contributed by atoms with van der Waals surface area (Å²) in [7, 11) is 0. The second-order valence-electron chi connectivity index (χ2n) is 6.05. The normalized spacial score (nSPS) is 11.4. The van der Waals surface area contributed by atoms with E-state index in [1.807, 2.05) is 12.1 Å². The van der Waals surface area contributed by atoms with Crippen LogP contribution in [0.4, 0.5) is 0 Å². The van der Waals surface area contributed by atoms with E-state index in [-0.39, 0.29) is 18.4 Å². The molecule has 0 saturated carbocycles. The topological polar surface area (TPSA) is 43.6 Å². The Kier molecular flexibility index (Phi) is 11.2. The van der Waals surface area contributed by atoms with Crippen LogP contribution in [0.15, 0.2) is 24.3 Å². The number of nitrogens with zero attached hydrogens (tertiary/aromatic N) is 2. The van der Waals surface area contributed by atoms with Crippen LogP contribution in [-0.2, 0) is 0 Å². The summed E-state index contributed by atoms with van der Waals surface area (Å²) in [4.78, 5) is 14.0. The Morgan fingerprint density at radius 3 is 2.24 bits per heavy atom. The minimum atomic E-state index is -0.855. The number of benzene rings is 1. The van der Waals surface area contributed by atoms with Crippen molar-refractivity contribution in [1.82, 2.24) is 4.90 Å². The van der Waals surface area contributed by atoms with Crippen molar-refractivity contribution in [3.8, 4) is 0 Å². The van der Waals surface area contributed by atoms with Gasteiger partial charge in [-0.2, -0.15) is 0 Å². The van der Waals surface area contributed by atoms with Crippen molar-refractivity contribution < 1.29 is 26.9 Å². The highest BCUT2D eigenvalue weighted by Crippen LogP contribution is 2.25. The number of unbranched alkanes of at least 4 members (excludes halogenated alkanes) is 1. The molecular weight excluding hydrogens is 336 g/mol. The van der Waals surface area contributed by atoms with Gasteiger partial charge in [-0.25, -0.2) is 4.79 Å². The summed E-state index contributed by atoms with van der Waals surface area (Å²) in [6.07, 6.45) is 3.34. The van der Waals surface area contributed by atoms with Crippen LogP contribution in [0.1, 0.15) is 75.8 Å². The molecule has 1 aromatic carbocycles. The van der Waals surface area contributed by atoms with Gasteiger partial charge in [0.2, 0.25) is 5.84 Å². The highest BCUT2D eigenvalue weighted by molar-refractivity contribution is 5.90. The van der Waals surface area contributed by atoms with Crippen LogP contribution < -0.4 is 12.4 Å². The molecule has 4 nitrogen and oxygen atoms in total. The van der Waals surface area contributed by atoms with Crippen LogP contribution in [0.3, 0.4) is 0 Å². The second kappa shape index (κ2) is 11.9. The Morgan fingerprint density at radius 2 is 1.76 bits per heavy atom. The highest BCUT2D eigenvalue weighted by Gasteiger charge is 2.29. The fourth-order valence-corrected chi connectivity index (χ4v) is 3.31. The van der Waals surface area contributed by atoms with Gasteiger partial charge in [0.15, 0.2) is 0 Å². The van der Waals surface area contributed by atoms with Crippen LogP contribution in [0, 0.1) is 0 Å². The first-order valence-electron chi connectivity index (χ1n) is 9.21. The summed E-state index contributed by atoms with van der Waals surface area (Å²) in [5.41, 5.74) is 1.28. The smallest absolute Gasteiger partial charge is 0.336 e. The number of halogens is 1. The third kappa shape index (κ3) is 6.03. The molecule has 25 heavy (non-hydrogen) atoms. The average Bonchev–Trinajstić information content (AvgIpc) is 2.60. The molecule has 0 aliphatic carbocycles. The molecule has 0 fully saturated rings. The van der Waals surface area contributed by atoms with E-state index in [9.17, 15) is 9.90 Å². The molecule has 1 aromatic rings. The fourth-order valence-electron chi connectivity index (χ4n) is 3.31. The van der Waals surface area contributed by atoms with E-state index in [2.05, 4.69) is 44.1 Å². The van der Waals surface area contributed by atoms with E-state index >= 15 is 0 Å². The zero-order valence-corrected chi connectivity index (χ0v) is 17.0. The summed E-state index contributed by atoms with van der Waals surface area (Å²) in [5.74, 6) is 0.475. The van der Waals surface area contributed by atoms with Crippen molar-refractivity contribution in [1.29, 1.82) is 0 Å². The van der Waals surface area contributed by atoms with Crippen LogP contribution in [0.2, 0.25) is 0 Å². The molecule has 0 spiro atoms. The van der Waals surface area contributed by atoms with E-state index in [4.69, 9.17) is 0 Å². The van der Waals surface area contributed by atoms with Crippen molar-refractivity contribution in [2.75, 3.05) is 19.6 Å². The largest absolute Gasteiger partial charge is 1.00 e. The number of aromatic carboxylic acids is 1. The van der Waals surface area contributed by atoms with E-state index in [1.54, 1.807) is 12.1 Å². The van der Waals surface area contributed by atoms with E-state index in [1.165, 1.54) is 5.84 Å². The van der Waals surface area contributed by atoms with Crippen LogP contribution in [0.25, 0.3) is 0 Å². The summed E-state index contributed by atoms with van der Waals surface area (Å²) in [6, 6.07) is 7.40. The van der Waals surface area contributed by atoms with Crippen molar-refractivity contribution in [3.05, 3.63) is 35.4 Å². The molecule has 0 aliphatic heterocycles. The minimum absolute atomic E-state index is 0. The predicted molar refractivity (Wildman–Crippen MR) is 100 cm³/mol. The lowest BCUT2D eigenvalue weighted by molar-refractivity contribution is -0.527. The van der Waals surface area contributed by atoms with Gasteiger partial charge in [0.25, 0.3) is 0 Å². The van der Waals surface area contributed by atoms with Gasteiger partial charge < -0.3 is 17.5 Å². The Morgan fingerprint density at radius 1 is 1.16 bits per heavy atom. The molecule has 1 atom stereocenters. The number of hydrogen-bond donors (Lipinski definition) is 1. The average molecular weight is 369 g/mol. The summed E-state index contributed by atoms with van der Waals surface area (Å²) in [6.45, 7) is 13.6. The third-order valence-corrected chi connectivity index (χ3v) is 4.66. The maximum Gasteiger partial charge on any atom is 0.336 e. The van der Waals surface area contributed by atoms with Crippen LogP contribution >= 0.6 is 0 Å².